The molecule has 2 aliphatic rings. The largest absolute Gasteiger partial charge is 0.477 e. The Hall–Kier alpha value is -6.34. The van der Waals surface area contributed by atoms with Crippen molar-refractivity contribution >= 4 is 80.6 Å². The van der Waals surface area contributed by atoms with Crippen molar-refractivity contribution in [2.24, 2.45) is 16.6 Å². The van der Waals surface area contributed by atoms with E-state index in [9.17, 15) is 47.0 Å². The number of aromatic carboxylic acids is 1. The molecule has 21 heteroatoms. The monoisotopic (exact) mass is 996 g/mol. The Bertz CT molecular complexity index is 3050. The molecule has 2 saturated heterocycles. The van der Waals surface area contributed by atoms with Gasteiger partial charge in [0.25, 0.3) is 17.0 Å². The van der Waals surface area contributed by atoms with Crippen LogP contribution >= 0.6 is 34.8 Å². The van der Waals surface area contributed by atoms with Gasteiger partial charge in [0, 0.05) is 62.4 Å². The Morgan fingerprint density at radius 3 is 1.62 bits per heavy atom. The second kappa shape index (κ2) is 20.5. The molecular formula is C47H46Cl3F3N8O7. The Kier molecular flexibility index (Phi) is 15.4. The van der Waals surface area contributed by atoms with E-state index in [0.29, 0.717) is 59.2 Å². The van der Waals surface area contributed by atoms with Gasteiger partial charge in [-0.05, 0) is 82.6 Å². The number of benzene rings is 2. The van der Waals surface area contributed by atoms with E-state index in [1.54, 1.807) is 46.2 Å². The fraction of sp³-hybridized carbons (Fsp3) is 0.319. The number of aromatic nitrogens is 4. The van der Waals surface area contributed by atoms with Gasteiger partial charge in [-0.15, -0.1) is 0 Å². The fourth-order valence-corrected chi connectivity index (χ4v) is 8.21. The number of alkyl halides is 3. The lowest BCUT2D eigenvalue weighted by molar-refractivity contribution is -0.142. The van der Waals surface area contributed by atoms with Crippen molar-refractivity contribution in [2.45, 2.75) is 60.1 Å². The Labute approximate surface area is 402 Å². The predicted octanol–water partition coefficient (Wildman–Crippen LogP) is 7.28. The van der Waals surface area contributed by atoms with Crippen LogP contribution in [0, 0.1) is 10.8 Å². The first-order valence-electron chi connectivity index (χ1n) is 20.9. The molecule has 0 spiro atoms. The summed E-state index contributed by atoms with van der Waals surface area (Å²) < 4.78 is 41.7. The number of carboxylic acid groups (broad SMARTS) is 1. The molecule has 0 atom stereocenters. The standard InChI is InChI=1S/C24H22ClF3N4O3.C16H17N3O4.C7H7Cl2N/c1-23(2)12-31(13-23)19(33)11-32-20-15(4-3-7-29-20)9-16(22(32)35)21(34)30-10-14-5-6-18(25)17(8-14)24(26,27)28;1-16(2)8-18(9-16)12(20)7-19-13-10(4-3-5-17-13)6-11(14(19)21)15(22)23;8-6-2-1-5(4-10)3-7(6)9/h3-9H,10-13H2,1-2H3,(H,30,34);3-6H,7-9H2,1-2H3,(H,22,23);1-3H,4,10H2. The lowest BCUT2D eigenvalue weighted by atomic mass is 9.84. The van der Waals surface area contributed by atoms with Gasteiger partial charge in [-0.3, -0.25) is 33.1 Å². The van der Waals surface area contributed by atoms with Crippen LogP contribution in [-0.2, 0) is 41.9 Å². The van der Waals surface area contributed by atoms with Gasteiger partial charge in [0.15, 0.2) is 0 Å². The molecule has 6 aromatic rings. The van der Waals surface area contributed by atoms with Crippen molar-refractivity contribution in [1.82, 2.24) is 34.2 Å². The van der Waals surface area contributed by atoms with E-state index >= 15 is 0 Å². The highest BCUT2D eigenvalue weighted by Crippen LogP contribution is 2.35. The number of carboxylic acids is 1. The SMILES string of the molecule is CC1(C)CN(C(=O)Cn2c(=O)c(C(=O)NCc3ccc(Cl)c(C(F)(F)F)c3)cc3cccnc32)C1.CC1(C)CN(C(=O)Cn2c(=O)c(C(=O)O)cc3cccnc32)C1.NCc1ccc(Cl)c(Cl)c1. The molecule has 2 aromatic carbocycles. The topological polar surface area (TPSA) is 203 Å². The van der Waals surface area contributed by atoms with E-state index in [4.69, 9.17) is 40.5 Å². The molecule has 0 unspecified atom stereocenters. The summed E-state index contributed by atoms with van der Waals surface area (Å²) in [6, 6.07) is 17.9. The highest BCUT2D eigenvalue weighted by molar-refractivity contribution is 6.42. The first-order chi connectivity index (χ1) is 31.9. The van der Waals surface area contributed by atoms with Gasteiger partial charge in [0.05, 0.1) is 20.6 Å². The zero-order chi connectivity index (χ0) is 49.9. The lowest BCUT2D eigenvalue weighted by Gasteiger charge is -2.45. The van der Waals surface area contributed by atoms with Crippen LogP contribution in [0.3, 0.4) is 0 Å². The average Bonchev–Trinajstić information content (AvgIpc) is 3.26. The van der Waals surface area contributed by atoms with Gasteiger partial charge in [0.2, 0.25) is 11.8 Å². The second-order valence-corrected chi connectivity index (χ2v) is 19.0. The summed E-state index contributed by atoms with van der Waals surface area (Å²) in [5.41, 5.74) is 4.15. The van der Waals surface area contributed by atoms with Crippen molar-refractivity contribution in [3.63, 3.8) is 0 Å². The second-order valence-electron chi connectivity index (χ2n) is 17.8. The molecule has 6 heterocycles. The van der Waals surface area contributed by atoms with Gasteiger partial charge in [-0.1, -0.05) is 74.6 Å². The number of carbonyl (C=O) groups excluding carboxylic acids is 3. The molecule has 0 saturated carbocycles. The molecule has 8 rings (SSSR count). The van der Waals surface area contributed by atoms with E-state index < -0.39 is 39.8 Å². The van der Waals surface area contributed by atoms with Crippen LogP contribution in [0.1, 0.15) is 65.1 Å². The number of fused-ring (bicyclic) bond motifs is 2. The molecular weight excluding hydrogens is 952 g/mol. The zero-order valence-corrected chi connectivity index (χ0v) is 39.4. The van der Waals surface area contributed by atoms with E-state index in [2.05, 4.69) is 29.1 Å². The number of hydrogen-bond acceptors (Lipinski definition) is 9. The van der Waals surface area contributed by atoms with Crippen molar-refractivity contribution in [3.05, 3.63) is 149 Å². The smallest absolute Gasteiger partial charge is 0.417 e. The molecule has 0 bridgehead atoms. The number of likely N-dealkylation sites (tertiary alicyclic amines) is 2. The molecule has 15 nitrogen and oxygen atoms in total. The number of rotatable bonds is 9. The molecule has 0 radical (unpaired) electrons. The number of halogens is 6. The van der Waals surface area contributed by atoms with Gasteiger partial charge in [0.1, 0.15) is 35.5 Å². The average molecular weight is 998 g/mol. The summed E-state index contributed by atoms with van der Waals surface area (Å²) in [6.45, 7) is 10.3. The third-order valence-corrected chi connectivity index (χ3v) is 12.0. The van der Waals surface area contributed by atoms with Crippen LogP contribution in [-0.4, -0.2) is 83.9 Å². The minimum atomic E-state index is -4.64. The highest BCUT2D eigenvalue weighted by atomic mass is 35.5. The number of amides is 3. The molecule has 4 N–H and O–H groups in total. The normalized spacial score (nSPS) is 14.7. The molecule has 358 valence electrons. The molecule has 0 aliphatic carbocycles. The molecule has 2 fully saturated rings. The minimum absolute atomic E-state index is 0.0102. The van der Waals surface area contributed by atoms with Crippen LogP contribution in [0.2, 0.25) is 15.1 Å². The Morgan fingerprint density at radius 1 is 0.691 bits per heavy atom. The van der Waals surface area contributed by atoms with Gasteiger partial charge in [-0.25, -0.2) is 14.8 Å². The van der Waals surface area contributed by atoms with Crippen LogP contribution in [0.25, 0.3) is 22.1 Å². The maximum Gasteiger partial charge on any atom is 0.417 e. The predicted molar refractivity (Wildman–Crippen MR) is 252 cm³/mol. The number of hydrogen-bond donors (Lipinski definition) is 3. The number of nitrogens with one attached hydrogen (secondary N) is 1. The van der Waals surface area contributed by atoms with Gasteiger partial charge < -0.3 is 26.0 Å². The number of nitrogens with zero attached hydrogens (tertiary/aromatic N) is 6. The summed E-state index contributed by atoms with van der Waals surface area (Å²) in [7, 11) is 0. The molecule has 2 aliphatic heterocycles. The maximum atomic E-state index is 13.2. The summed E-state index contributed by atoms with van der Waals surface area (Å²) in [5.74, 6) is -2.57. The molecule has 4 aromatic heterocycles. The van der Waals surface area contributed by atoms with E-state index in [-0.39, 0.29) is 64.6 Å². The number of pyridine rings is 4. The molecule has 3 amide bonds. The van der Waals surface area contributed by atoms with Crippen LogP contribution in [0.15, 0.2) is 94.8 Å². The van der Waals surface area contributed by atoms with Crippen molar-refractivity contribution < 1.29 is 37.5 Å². The Morgan fingerprint density at radius 2 is 1.16 bits per heavy atom. The minimum Gasteiger partial charge on any atom is -0.477 e. The van der Waals surface area contributed by atoms with Crippen LogP contribution in [0.4, 0.5) is 13.2 Å². The van der Waals surface area contributed by atoms with E-state index in [1.807, 2.05) is 19.9 Å². The first-order valence-corrected chi connectivity index (χ1v) is 22.1. The van der Waals surface area contributed by atoms with Gasteiger partial charge >= 0.3 is 12.1 Å². The zero-order valence-electron chi connectivity index (χ0n) is 37.2. The molecule has 68 heavy (non-hydrogen) atoms. The summed E-state index contributed by atoms with van der Waals surface area (Å²) in [6.07, 6.45) is -1.65. The van der Waals surface area contributed by atoms with E-state index in [1.165, 1.54) is 30.6 Å². The summed E-state index contributed by atoms with van der Waals surface area (Å²) in [4.78, 5) is 86.4. The van der Waals surface area contributed by atoms with Crippen molar-refractivity contribution in [3.8, 4) is 0 Å². The number of carbonyl (C=O) groups is 4. The van der Waals surface area contributed by atoms with Crippen LogP contribution in [0.5, 0.6) is 0 Å². The third-order valence-electron chi connectivity index (χ3n) is 10.9. The van der Waals surface area contributed by atoms with E-state index in [0.717, 1.165) is 26.8 Å². The Balaban J connectivity index is 0.000000196. The summed E-state index contributed by atoms with van der Waals surface area (Å²) in [5, 5.41) is 13.3. The third kappa shape index (κ3) is 12.0. The van der Waals surface area contributed by atoms with Crippen molar-refractivity contribution in [2.75, 3.05) is 26.2 Å². The quantitative estimate of drug-likeness (QED) is 0.132. The van der Waals surface area contributed by atoms with Crippen LogP contribution < -0.4 is 22.2 Å². The summed E-state index contributed by atoms with van der Waals surface area (Å²) >= 11 is 17.0. The first kappa shape index (κ1) is 51.1. The fourth-order valence-electron chi connectivity index (χ4n) is 7.66. The maximum absolute atomic E-state index is 13.2. The van der Waals surface area contributed by atoms with Crippen molar-refractivity contribution in [1.29, 1.82) is 0 Å². The number of nitrogens with two attached hydrogens (primary N) is 1. The lowest BCUT2D eigenvalue weighted by Crippen LogP contribution is -2.56. The van der Waals surface area contributed by atoms with Gasteiger partial charge in [-0.2, -0.15) is 13.2 Å². The highest BCUT2D eigenvalue weighted by Gasteiger charge is 2.38.